The summed E-state index contributed by atoms with van der Waals surface area (Å²) in [4.78, 5) is 0. The van der Waals surface area contributed by atoms with Crippen LogP contribution in [-0.2, 0) is 37.2 Å². The molecule has 0 radical (unpaired) electrons. The summed E-state index contributed by atoms with van der Waals surface area (Å²) in [6, 6.07) is 24.8. The Labute approximate surface area is 401 Å². The fraction of sp³-hybridized carbons (Fsp3) is 0.533. The van der Waals surface area contributed by atoms with Crippen molar-refractivity contribution in [2.45, 2.75) is 192 Å². The predicted molar refractivity (Wildman–Crippen MR) is 288 cm³/mol. The maximum atomic E-state index is 9.17. The summed E-state index contributed by atoms with van der Waals surface area (Å²) in [6.07, 6.45) is 5.18. The van der Waals surface area contributed by atoms with E-state index in [0.717, 1.165) is 0 Å². The minimum atomic E-state index is -5.17. The molecule has 0 N–H and O–H groups in total. The third-order valence-corrected chi connectivity index (χ3v) is 66.9. The molecule has 6 rings (SSSR count). The first-order valence-corrected chi connectivity index (χ1v) is 41.1. The van der Waals surface area contributed by atoms with Gasteiger partial charge in [0.2, 0.25) is 0 Å². The third kappa shape index (κ3) is 9.05. The average Bonchev–Trinajstić information content (AvgIpc) is 3.77. The van der Waals surface area contributed by atoms with E-state index in [9.17, 15) is 17.0 Å². The van der Waals surface area contributed by atoms with Gasteiger partial charge < -0.3 is 0 Å². The van der Waals surface area contributed by atoms with Crippen LogP contribution in [0.15, 0.2) is 71.8 Å². The number of benzene rings is 4. The second-order valence-corrected chi connectivity index (χ2v) is 68.3. The monoisotopic (exact) mass is 993 g/mol. The van der Waals surface area contributed by atoms with Crippen LogP contribution in [0.25, 0.3) is 34.4 Å². The summed E-state index contributed by atoms with van der Waals surface area (Å²) >= 11 is -5.17. The summed E-state index contributed by atoms with van der Waals surface area (Å²) in [7, 11) is 18.3. The van der Waals surface area contributed by atoms with Gasteiger partial charge in [0.05, 0.1) is 0 Å². The van der Waals surface area contributed by atoms with Crippen LogP contribution in [0.2, 0.25) is 13.1 Å². The topological polar surface area (TPSA) is 0 Å². The zero-order chi connectivity index (χ0) is 48.2. The fourth-order valence-corrected chi connectivity index (χ4v) is 42.4. The first-order chi connectivity index (χ1) is 29.1. The molecule has 347 valence electrons. The molecule has 0 nitrogen and oxygen atoms in total. The van der Waals surface area contributed by atoms with Crippen LogP contribution in [0, 0.1) is 11.8 Å². The molecule has 2 atom stereocenters. The van der Waals surface area contributed by atoms with E-state index in [0.29, 0.717) is 23.7 Å². The van der Waals surface area contributed by atoms with Crippen molar-refractivity contribution >= 4 is 35.1 Å². The van der Waals surface area contributed by atoms with Gasteiger partial charge in [0.1, 0.15) is 0 Å². The van der Waals surface area contributed by atoms with Crippen molar-refractivity contribution < 1.29 is 15.6 Å². The summed E-state index contributed by atoms with van der Waals surface area (Å²) in [5, 5.41) is 0. The summed E-state index contributed by atoms with van der Waals surface area (Å²) in [5.41, 5.74) is 22.1. The summed E-state index contributed by atoms with van der Waals surface area (Å²) < 4.78 is 0.0321. The van der Waals surface area contributed by atoms with Gasteiger partial charge in [-0.3, -0.25) is 0 Å². The Balaban J connectivity index is 1.73. The average molecular weight is 997 g/mol. The van der Waals surface area contributed by atoms with Crippen LogP contribution in [-0.4, -0.2) is 5.92 Å². The quantitative estimate of drug-likeness (QED) is 0.147. The van der Waals surface area contributed by atoms with Crippen LogP contribution in [0.1, 0.15) is 213 Å². The van der Waals surface area contributed by atoms with Crippen LogP contribution in [0.4, 0.5) is 0 Å². The zero-order valence-electron chi connectivity index (χ0n) is 44.2. The molecule has 0 spiro atoms. The van der Waals surface area contributed by atoms with E-state index < -0.39 is 21.5 Å². The molecule has 64 heavy (non-hydrogen) atoms. The molecule has 0 heterocycles. The molecule has 0 fully saturated rings. The van der Waals surface area contributed by atoms with E-state index in [1.807, 2.05) is 0 Å². The number of fused-ring (bicyclic) bond motifs is 2. The molecular weight excluding hydrogens is 911 g/mol. The molecule has 2 aliphatic carbocycles. The van der Waals surface area contributed by atoms with Gasteiger partial charge in [0.15, 0.2) is 0 Å². The molecule has 4 heteroatoms. The Morgan fingerprint density at radius 3 is 0.938 bits per heavy atom. The minimum absolute atomic E-state index is 0.00466. The number of allylic oxidation sites excluding steroid dienone is 2. The van der Waals surface area contributed by atoms with Gasteiger partial charge in [-0.1, -0.05) is 0 Å². The van der Waals surface area contributed by atoms with Gasteiger partial charge in [0.25, 0.3) is 0 Å². The zero-order valence-corrected chi connectivity index (χ0v) is 49.4. The second-order valence-electron chi connectivity index (χ2n) is 25.8. The number of hydrogen-bond acceptors (Lipinski definition) is 0. The van der Waals surface area contributed by atoms with E-state index in [1.54, 1.807) is 0 Å². The summed E-state index contributed by atoms with van der Waals surface area (Å²) in [6.45, 7) is 52.2. The third-order valence-electron chi connectivity index (χ3n) is 15.2. The summed E-state index contributed by atoms with van der Waals surface area (Å²) in [5.74, 6) is -0.527. The normalized spacial score (nSPS) is 18.0. The molecule has 4 aromatic carbocycles. The van der Waals surface area contributed by atoms with Crippen LogP contribution in [0.3, 0.4) is 0 Å². The molecule has 0 bridgehead atoms. The van der Waals surface area contributed by atoms with Gasteiger partial charge in [-0.05, 0) is 0 Å². The second kappa shape index (κ2) is 17.2. The first kappa shape index (κ1) is 51.4. The van der Waals surface area contributed by atoms with Crippen molar-refractivity contribution in [1.82, 2.24) is 0 Å². The van der Waals surface area contributed by atoms with Crippen LogP contribution >= 0.6 is 17.0 Å². The fourth-order valence-electron chi connectivity index (χ4n) is 10.9. The van der Waals surface area contributed by atoms with E-state index in [4.69, 9.17) is 0 Å². The van der Waals surface area contributed by atoms with Crippen molar-refractivity contribution in [2.75, 3.05) is 0 Å². The van der Waals surface area contributed by atoms with E-state index in [2.05, 4.69) is 224 Å². The molecule has 0 amide bonds. The number of hydrogen-bond donors (Lipinski definition) is 0. The standard InChI is InChI=1S/2C29H39.C2H7Si.2ClH.Zr/c2*1-18(2)21-13-20-11-12-25(19(3)4)27(26(20)16-21)22-14-23(28(5,6)7)17-24(15-22)29(8,9)10;1-3-2;;;/h2*11-19H,1-10H3;3H,1-2H3;2*1H;/q;;;;;+2/p-2. The number of halogens is 2. The van der Waals surface area contributed by atoms with Crippen molar-refractivity contribution in [3.05, 3.63) is 127 Å². The van der Waals surface area contributed by atoms with Gasteiger partial charge in [-0.2, -0.15) is 0 Å². The molecule has 2 unspecified atom stereocenters. The van der Waals surface area contributed by atoms with Crippen molar-refractivity contribution in [3.63, 3.8) is 0 Å². The Kier molecular flexibility index (Phi) is 13.8. The van der Waals surface area contributed by atoms with E-state index in [-0.39, 0.29) is 28.9 Å². The molecule has 0 aromatic heterocycles. The molecule has 4 aromatic rings. The van der Waals surface area contributed by atoms with Gasteiger partial charge in [-0.25, -0.2) is 0 Å². The van der Waals surface area contributed by atoms with Crippen molar-refractivity contribution in [2.24, 2.45) is 11.8 Å². The Morgan fingerprint density at radius 1 is 0.438 bits per heavy atom. The van der Waals surface area contributed by atoms with E-state index >= 15 is 0 Å². The van der Waals surface area contributed by atoms with Gasteiger partial charge in [-0.15, -0.1) is 0 Å². The molecule has 0 saturated heterocycles. The molecule has 0 aliphatic heterocycles. The maximum absolute atomic E-state index is 9.17. The first-order valence-electron chi connectivity index (χ1n) is 24.8. The SMILES string of the molecule is CC(C)C1=Cc2c(ccc(C(C)C)c2-c2cc(C(C)(C)C)cc(C(C)(C)C)c2)[CH]1[Zr]([Cl])([Cl])([CH]1C(C(C)C)=Cc2c1ccc(C(C)C)c2-c1cc(C(C)(C)C)cc(C(C)(C)C)c1)[SiH](C)C. The van der Waals surface area contributed by atoms with Gasteiger partial charge in [0, 0.05) is 0 Å². The van der Waals surface area contributed by atoms with Gasteiger partial charge >= 0.3 is 405 Å². The molecule has 2 aliphatic rings. The molecule has 0 saturated carbocycles. The van der Waals surface area contributed by atoms with E-state index in [1.165, 1.54) is 89.0 Å². The van der Waals surface area contributed by atoms with Crippen molar-refractivity contribution in [3.8, 4) is 22.3 Å². The predicted octanol–water partition coefficient (Wildman–Crippen LogP) is 19.3. The Morgan fingerprint density at radius 2 is 0.719 bits per heavy atom. The number of rotatable bonds is 9. The Hall–Kier alpha value is -1.96. The van der Waals surface area contributed by atoms with Crippen molar-refractivity contribution in [1.29, 1.82) is 0 Å². The van der Waals surface area contributed by atoms with Crippen LogP contribution < -0.4 is 0 Å². The molecular formula is C60H85Cl2SiZr. The van der Waals surface area contributed by atoms with Crippen LogP contribution in [0.5, 0.6) is 0 Å². The Bertz CT molecular complexity index is 2280.